The maximum absolute atomic E-state index is 13.0. The van der Waals surface area contributed by atoms with Crippen molar-refractivity contribution in [2.24, 2.45) is 4.99 Å². The van der Waals surface area contributed by atoms with Crippen LogP contribution in [0.4, 0.5) is 4.39 Å². The van der Waals surface area contributed by atoms with Crippen molar-refractivity contribution in [2.45, 2.75) is 52.0 Å². The summed E-state index contributed by atoms with van der Waals surface area (Å²) in [7, 11) is 1.64. The third kappa shape index (κ3) is 7.08. The summed E-state index contributed by atoms with van der Waals surface area (Å²) in [4.78, 5) is 9.15. The molecule has 8 nitrogen and oxygen atoms in total. The molecule has 3 rings (SSSR count). The summed E-state index contributed by atoms with van der Waals surface area (Å²) in [5.74, 6) is 2.81. The number of hydrogen-bond acceptors (Lipinski definition) is 5. The Morgan fingerprint density at radius 1 is 1.37 bits per heavy atom. The molecule has 0 radical (unpaired) electrons. The van der Waals surface area contributed by atoms with Crippen molar-refractivity contribution in [3.63, 3.8) is 0 Å². The first-order valence-corrected chi connectivity index (χ1v) is 9.96. The van der Waals surface area contributed by atoms with Crippen LogP contribution in [0, 0.1) is 5.82 Å². The van der Waals surface area contributed by atoms with Crippen LogP contribution in [0.3, 0.4) is 0 Å². The van der Waals surface area contributed by atoms with Crippen molar-refractivity contribution in [1.82, 2.24) is 25.4 Å². The molecule has 0 saturated carbocycles. The number of hydrogen-bond donors (Lipinski definition) is 2. The van der Waals surface area contributed by atoms with Crippen LogP contribution in [0.5, 0.6) is 5.75 Å². The van der Waals surface area contributed by atoms with Gasteiger partial charge in [0.1, 0.15) is 30.1 Å². The van der Waals surface area contributed by atoms with Crippen LogP contribution in [0.1, 0.15) is 31.9 Å². The van der Waals surface area contributed by atoms with E-state index in [0.717, 1.165) is 43.5 Å². The molecule has 0 fully saturated rings. The summed E-state index contributed by atoms with van der Waals surface area (Å²) >= 11 is 0. The van der Waals surface area contributed by atoms with Crippen LogP contribution < -0.4 is 15.4 Å². The number of nitrogens with one attached hydrogen (secondary N) is 2. The van der Waals surface area contributed by atoms with Gasteiger partial charge in [0.15, 0.2) is 11.8 Å². The van der Waals surface area contributed by atoms with Crippen molar-refractivity contribution < 1.29 is 13.9 Å². The van der Waals surface area contributed by atoms with Crippen LogP contribution in [-0.2, 0) is 24.3 Å². The molecule has 2 aromatic rings. The molecule has 0 bridgehead atoms. The molecule has 1 aliphatic heterocycles. The molecule has 1 aromatic heterocycles. The lowest BCUT2D eigenvalue weighted by Crippen LogP contribution is -2.47. The highest BCUT2D eigenvalue weighted by Gasteiger charge is 2.22. The van der Waals surface area contributed by atoms with Gasteiger partial charge in [0.05, 0.1) is 13.1 Å². The fraction of sp³-hybridized carbons (Fsp3) is 0.550. The van der Waals surface area contributed by atoms with E-state index in [2.05, 4.69) is 25.7 Å². The predicted molar refractivity (Wildman–Crippen MR) is 124 cm³/mol. The third-order valence-electron chi connectivity index (χ3n) is 4.52. The Morgan fingerprint density at radius 2 is 2.13 bits per heavy atom. The van der Waals surface area contributed by atoms with Crippen LogP contribution in [0.25, 0.3) is 0 Å². The Morgan fingerprint density at radius 3 is 2.83 bits per heavy atom. The first kappa shape index (κ1) is 24.3. The molecule has 0 aliphatic carbocycles. The van der Waals surface area contributed by atoms with Crippen LogP contribution >= 0.6 is 24.0 Å². The number of aryl methyl sites for hydroxylation is 1. The molecule has 1 aliphatic rings. The zero-order valence-corrected chi connectivity index (χ0v) is 19.9. The second-order valence-corrected chi connectivity index (χ2v) is 7.04. The zero-order chi connectivity index (χ0) is 20.6. The van der Waals surface area contributed by atoms with Gasteiger partial charge in [0.25, 0.3) is 0 Å². The maximum atomic E-state index is 13.0. The normalized spacial score (nSPS) is 16.9. The van der Waals surface area contributed by atoms with E-state index in [1.165, 1.54) is 12.1 Å². The van der Waals surface area contributed by atoms with E-state index in [4.69, 9.17) is 9.47 Å². The van der Waals surface area contributed by atoms with E-state index < -0.39 is 0 Å². The average molecular weight is 532 g/mol. The summed E-state index contributed by atoms with van der Waals surface area (Å²) in [5.41, 5.74) is 0. The Labute approximate surface area is 193 Å². The number of guanidine groups is 1. The Hall–Kier alpha value is -1.95. The first-order valence-electron chi connectivity index (χ1n) is 9.96. The topological polar surface area (TPSA) is 85.6 Å². The van der Waals surface area contributed by atoms with Gasteiger partial charge in [0.2, 0.25) is 0 Å². The molecule has 2 unspecified atom stereocenters. The molecule has 2 heterocycles. The lowest BCUT2D eigenvalue weighted by molar-refractivity contribution is 0.177. The monoisotopic (exact) mass is 532 g/mol. The SMILES string of the molecule is CCNC(=NCC(C)Oc1ccc(F)cc1)NC1CCc2nc(COC)nn2C1.I. The number of benzene rings is 1. The quantitative estimate of drug-likeness (QED) is 0.309. The van der Waals surface area contributed by atoms with Gasteiger partial charge in [0, 0.05) is 26.1 Å². The van der Waals surface area contributed by atoms with E-state index >= 15 is 0 Å². The van der Waals surface area contributed by atoms with Crippen LogP contribution in [0.15, 0.2) is 29.3 Å². The van der Waals surface area contributed by atoms with Crippen molar-refractivity contribution in [2.75, 3.05) is 20.2 Å². The first-order chi connectivity index (χ1) is 14.1. The number of aliphatic imine (C=N–C) groups is 1. The van der Waals surface area contributed by atoms with Gasteiger partial charge >= 0.3 is 0 Å². The zero-order valence-electron chi connectivity index (χ0n) is 17.6. The lowest BCUT2D eigenvalue weighted by atomic mass is 10.1. The van der Waals surface area contributed by atoms with Crippen LogP contribution in [-0.4, -0.2) is 53.1 Å². The third-order valence-corrected chi connectivity index (χ3v) is 4.52. The molecule has 30 heavy (non-hydrogen) atoms. The number of methoxy groups -OCH3 is 1. The van der Waals surface area contributed by atoms with E-state index in [1.807, 2.05) is 18.5 Å². The molecule has 0 saturated heterocycles. The molecule has 10 heteroatoms. The van der Waals surface area contributed by atoms with Gasteiger partial charge in [-0.1, -0.05) is 0 Å². The van der Waals surface area contributed by atoms with Gasteiger partial charge in [-0.25, -0.2) is 19.0 Å². The number of nitrogens with zero attached hydrogens (tertiary/aromatic N) is 4. The van der Waals surface area contributed by atoms with Crippen molar-refractivity contribution in [3.8, 4) is 5.75 Å². The van der Waals surface area contributed by atoms with Gasteiger partial charge in [-0.05, 0) is 44.5 Å². The number of ether oxygens (including phenoxy) is 2. The van der Waals surface area contributed by atoms with Crippen molar-refractivity contribution >= 4 is 29.9 Å². The highest BCUT2D eigenvalue weighted by Crippen LogP contribution is 2.14. The largest absolute Gasteiger partial charge is 0.489 e. The summed E-state index contributed by atoms with van der Waals surface area (Å²) in [6.45, 7) is 6.37. The second-order valence-electron chi connectivity index (χ2n) is 7.04. The Bertz CT molecular complexity index is 814. The minimum absolute atomic E-state index is 0. The smallest absolute Gasteiger partial charge is 0.191 e. The molecular weight excluding hydrogens is 502 g/mol. The molecule has 2 atom stereocenters. The predicted octanol–water partition coefficient (Wildman–Crippen LogP) is 2.52. The standard InChI is InChI=1S/C20H29FN6O2.HI/c1-4-22-20(23-11-14(2)29-17-8-5-15(21)6-9-17)24-16-7-10-19-25-18(13-28-3)26-27(19)12-16;/h5-6,8-9,14,16H,4,7,10-13H2,1-3H3,(H2,22,23,24);1H. The Kier molecular flexibility index (Phi) is 9.76. The summed E-state index contributed by atoms with van der Waals surface area (Å²) in [5, 5.41) is 11.3. The van der Waals surface area contributed by atoms with Gasteiger partial charge < -0.3 is 20.1 Å². The summed E-state index contributed by atoms with van der Waals surface area (Å²) in [6, 6.07) is 6.22. The number of halogens is 2. The minimum atomic E-state index is -0.279. The molecular formula is C20H30FIN6O2. The molecule has 166 valence electrons. The number of fused-ring (bicyclic) bond motifs is 1. The fourth-order valence-corrected chi connectivity index (χ4v) is 3.18. The maximum Gasteiger partial charge on any atom is 0.191 e. The highest BCUT2D eigenvalue weighted by atomic mass is 127. The fourth-order valence-electron chi connectivity index (χ4n) is 3.18. The van der Waals surface area contributed by atoms with Gasteiger partial charge in [-0.15, -0.1) is 24.0 Å². The lowest BCUT2D eigenvalue weighted by Gasteiger charge is -2.25. The summed E-state index contributed by atoms with van der Waals surface area (Å²) in [6.07, 6.45) is 1.68. The Balaban J connectivity index is 0.00000320. The molecule has 0 amide bonds. The number of aromatic nitrogens is 3. The van der Waals surface area contributed by atoms with Gasteiger partial charge in [-0.2, -0.15) is 5.10 Å². The summed E-state index contributed by atoms with van der Waals surface area (Å²) < 4.78 is 25.9. The van der Waals surface area contributed by atoms with Gasteiger partial charge in [-0.3, -0.25) is 0 Å². The van der Waals surface area contributed by atoms with Crippen LogP contribution in [0.2, 0.25) is 0 Å². The van der Waals surface area contributed by atoms with E-state index in [-0.39, 0.29) is 41.9 Å². The molecule has 1 aromatic carbocycles. The molecule has 0 spiro atoms. The van der Waals surface area contributed by atoms with E-state index in [9.17, 15) is 4.39 Å². The number of rotatable bonds is 8. The average Bonchev–Trinajstić information content (AvgIpc) is 3.10. The van der Waals surface area contributed by atoms with E-state index in [0.29, 0.717) is 18.9 Å². The van der Waals surface area contributed by atoms with E-state index in [1.54, 1.807) is 19.2 Å². The molecule has 2 N–H and O–H groups in total. The minimum Gasteiger partial charge on any atom is -0.489 e. The van der Waals surface area contributed by atoms with Crippen molar-refractivity contribution in [3.05, 3.63) is 41.7 Å². The second kappa shape index (κ2) is 12.0. The van der Waals surface area contributed by atoms with Crippen molar-refractivity contribution in [1.29, 1.82) is 0 Å². The highest BCUT2D eigenvalue weighted by molar-refractivity contribution is 14.0.